The van der Waals surface area contributed by atoms with Crippen LogP contribution in [0.25, 0.3) is 0 Å². The highest BCUT2D eigenvalue weighted by atomic mass is 16.5. The van der Waals surface area contributed by atoms with E-state index in [0.29, 0.717) is 0 Å². The molecular formula is C18H30N2O. The van der Waals surface area contributed by atoms with Crippen LogP contribution < -0.4 is 10.2 Å². The van der Waals surface area contributed by atoms with E-state index in [2.05, 4.69) is 48.3 Å². The molecule has 3 nitrogen and oxygen atoms in total. The first-order valence-electron chi connectivity index (χ1n) is 8.23. The summed E-state index contributed by atoms with van der Waals surface area (Å²) in [5.74, 6) is 1.51. The van der Waals surface area contributed by atoms with Gasteiger partial charge in [-0.3, -0.25) is 0 Å². The number of para-hydroxylation sites is 1. The van der Waals surface area contributed by atoms with Crippen LogP contribution >= 0.6 is 0 Å². The molecule has 1 aliphatic heterocycles. The van der Waals surface area contributed by atoms with Gasteiger partial charge in [-0.05, 0) is 49.4 Å². The number of hydrogen-bond acceptors (Lipinski definition) is 3. The molecule has 1 heterocycles. The van der Waals surface area contributed by atoms with Crippen molar-refractivity contribution >= 4 is 5.69 Å². The summed E-state index contributed by atoms with van der Waals surface area (Å²) in [6, 6.07) is 8.77. The van der Waals surface area contributed by atoms with Crippen LogP contribution in [-0.4, -0.2) is 39.9 Å². The van der Waals surface area contributed by atoms with Crippen LogP contribution in [0.2, 0.25) is 0 Å². The zero-order valence-corrected chi connectivity index (χ0v) is 13.8. The van der Waals surface area contributed by atoms with Gasteiger partial charge in [0, 0.05) is 25.9 Å². The van der Waals surface area contributed by atoms with Gasteiger partial charge in [-0.25, -0.2) is 0 Å². The summed E-state index contributed by atoms with van der Waals surface area (Å²) in [5.41, 5.74) is 2.82. The van der Waals surface area contributed by atoms with Gasteiger partial charge in [0.25, 0.3) is 0 Å². The molecule has 3 heteroatoms. The van der Waals surface area contributed by atoms with Gasteiger partial charge in [-0.1, -0.05) is 32.0 Å². The normalized spacial score (nSPS) is 18.7. The average molecular weight is 290 g/mol. The van der Waals surface area contributed by atoms with Crippen LogP contribution in [0.5, 0.6) is 0 Å². The first-order valence-corrected chi connectivity index (χ1v) is 8.23. The molecule has 0 spiro atoms. The minimum atomic E-state index is 0.734. The molecule has 118 valence electrons. The highest BCUT2D eigenvalue weighted by Crippen LogP contribution is 2.27. The lowest BCUT2D eigenvalue weighted by atomic mass is 10.1. The second-order valence-corrected chi connectivity index (χ2v) is 6.52. The molecular weight excluding hydrogens is 260 g/mol. The summed E-state index contributed by atoms with van der Waals surface area (Å²) in [6.45, 7) is 9.95. The molecule has 21 heavy (non-hydrogen) atoms. The number of anilines is 1. The van der Waals surface area contributed by atoms with Gasteiger partial charge in [0.1, 0.15) is 0 Å². The van der Waals surface area contributed by atoms with Crippen LogP contribution in [0.4, 0.5) is 5.69 Å². The van der Waals surface area contributed by atoms with Crippen molar-refractivity contribution in [2.24, 2.45) is 11.8 Å². The monoisotopic (exact) mass is 290 g/mol. The Kier molecular flexibility index (Phi) is 6.52. The third-order valence-corrected chi connectivity index (χ3v) is 4.18. The number of nitrogens with zero attached hydrogens (tertiary/aromatic N) is 1. The fourth-order valence-electron chi connectivity index (χ4n) is 3.04. The summed E-state index contributed by atoms with van der Waals surface area (Å²) < 4.78 is 5.23. The summed E-state index contributed by atoms with van der Waals surface area (Å²) in [6.07, 6.45) is 2.29. The van der Waals surface area contributed by atoms with E-state index in [9.17, 15) is 0 Å². The van der Waals surface area contributed by atoms with Crippen molar-refractivity contribution in [3.05, 3.63) is 29.8 Å². The summed E-state index contributed by atoms with van der Waals surface area (Å²) in [7, 11) is 1.77. The SMILES string of the molecule is COCCc1ccccc1N1CCC(CNCC(C)C)C1. The quantitative estimate of drug-likeness (QED) is 0.796. The molecule has 1 atom stereocenters. The minimum absolute atomic E-state index is 0.734. The van der Waals surface area contributed by atoms with Crippen LogP contribution in [0.3, 0.4) is 0 Å². The van der Waals surface area contributed by atoms with E-state index in [-0.39, 0.29) is 0 Å². The molecule has 1 aromatic rings. The zero-order valence-electron chi connectivity index (χ0n) is 13.8. The Morgan fingerprint density at radius 1 is 1.33 bits per heavy atom. The van der Waals surface area contributed by atoms with E-state index in [1.165, 1.54) is 30.8 Å². The van der Waals surface area contributed by atoms with Crippen molar-refractivity contribution < 1.29 is 4.74 Å². The third-order valence-electron chi connectivity index (χ3n) is 4.18. The van der Waals surface area contributed by atoms with Crippen LogP contribution in [-0.2, 0) is 11.2 Å². The molecule has 0 aromatic heterocycles. The topological polar surface area (TPSA) is 24.5 Å². The maximum Gasteiger partial charge on any atom is 0.0503 e. The molecule has 1 N–H and O–H groups in total. The lowest BCUT2D eigenvalue weighted by Crippen LogP contribution is -2.29. The Balaban J connectivity index is 1.88. The minimum Gasteiger partial charge on any atom is -0.384 e. The van der Waals surface area contributed by atoms with Gasteiger partial charge in [-0.15, -0.1) is 0 Å². The van der Waals surface area contributed by atoms with Gasteiger partial charge in [-0.2, -0.15) is 0 Å². The largest absolute Gasteiger partial charge is 0.384 e. The predicted octanol–water partition coefficient (Wildman–Crippen LogP) is 2.95. The van der Waals surface area contributed by atoms with E-state index in [0.717, 1.165) is 38.0 Å². The smallest absolute Gasteiger partial charge is 0.0503 e. The summed E-state index contributed by atoms with van der Waals surface area (Å²) in [5, 5.41) is 3.60. The van der Waals surface area contributed by atoms with Gasteiger partial charge in [0.2, 0.25) is 0 Å². The molecule has 1 unspecified atom stereocenters. The van der Waals surface area contributed by atoms with Crippen molar-refractivity contribution in [3.8, 4) is 0 Å². The van der Waals surface area contributed by atoms with Gasteiger partial charge >= 0.3 is 0 Å². The molecule has 1 aromatic carbocycles. The molecule has 0 saturated carbocycles. The molecule has 0 amide bonds. The second kappa shape index (κ2) is 8.40. The van der Waals surface area contributed by atoms with Gasteiger partial charge in [0.05, 0.1) is 6.61 Å². The number of rotatable bonds is 8. The van der Waals surface area contributed by atoms with Crippen molar-refractivity contribution in [2.75, 3.05) is 44.8 Å². The lowest BCUT2D eigenvalue weighted by Gasteiger charge is -2.22. The summed E-state index contributed by atoms with van der Waals surface area (Å²) >= 11 is 0. The van der Waals surface area contributed by atoms with E-state index < -0.39 is 0 Å². The first kappa shape index (κ1) is 16.3. The van der Waals surface area contributed by atoms with Crippen molar-refractivity contribution in [3.63, 3.8) is 0 Å². The predicted molar refractivity (Wildman–Crippen MR) is 90.0 cm³/mol. The fraction of sp³-hybridized carbons (Fsp3) is 0.667. The standard InChI is InChI=1S/C18H30N2O/c1-15(2)12-19-13-16-8-10-20(14-16)18-7-5-4-6-17(18)9-11-21-3/h4-7,15-16,19H,8-14H2,1-3H3. The zero-order chi connectivity index (χ0) is 15.1. The van der Waals surface area contributed by atoms with E-state index in [4.69, 9.17) is 4.74 Å². The van der Waals surface area contributed by atoms with E-state index in [1.54, 1.807) is 7.11 Å². The van der Waals surface area contributed by atoms with Crippen LogP contribution in [0, 0.1) is 11.8 Å². The molecule has 0 aliphatic carbocycles. The molecule has 0 bridgehead atoms. The maximum absolute atomic E-state index is 5.23. The average Bonchev–Trinajstić information content (AvgIpc) is 2.93. The van der Waals surface area contributed by atoms with E-state index in [1.807, 2.05) is 0 Å². The van der Waals surface area contributed by atoms with E-state index >= 15 is 0 Å². The number of nitrogens with one attached hydrogen (secondary N) is 1. The Bertz CT molecular complexity index is 419. The lowest BCUT2D eigenvalue weighted by molar-refractivity contribution is 0.202. The van der Waals surface area contributed by atoms with Gasteiger partial charge < -0.3 is 15.0 Å². The number of ether oxygens (including phenoxy) is 1. The highest BCUT2D eigenvalue weighted by Gasteiger charge is 2.23. The highest BCUT2D eigenvalue weighted by molar-refractivity contribution is 5.54. The summed E-state index contributed by atoms with van der Waals surface area (Å²) in [4.78, 5) is 2.55. The Labute approximate surface area is 129 Å². The first-order chi connectivity index (χ1) is 10.2. The Morgan fingerprint density at radius 3 is 2.90 bits per heavy atom. The molecule has 2 rings (SSSR count). The maximum atomic E-state index is 5.23. The van der Waals surface area contributed by atoms with Crippen LogP contribution in [0.1, 0.15) is 25.8 Å². The fourth-order valence-corrected chi connectivity index (χ4v) is 3.04. The number of benzene rings is 1. The molecule has 1 saturated heterocycles. The van der Waals surface area contributed by atoms with Crippen molar-refractivity contribution in [1.29, 1.82) is 0 Å². The third kappa shape index (κ3) is 5.01. The molecule has 1 aliphatic rings. The Morgan fingerprint density at radius 2 is 2.14 bits per heavy atom. The van der Waals surface area contributed by atoms with Crippen LogP contribution in [0.15, 0.2) is 24.3 Å². The number of hydrogen-bond donors (Lipinski definition) is 1. The van der Waals surface area contributed by atoms with Crippen molar-refractivity contribution in [2.45, 2.75) is 26.7 Å². The Hall–Kier alpha value is -1.06. The molecule has 1 fully saturated rings. The molecule has 0 radical (unpaired) electrons. The van der Waals surface area contributed by atoms with Crippen molar-refractivity contribution in [1.82, 2.24) is 5.32 Å². The second-order valence-electron chi connectivity index (χ2n) is 6.52. The van der Waals surface area contributed by atoms with Gasteiger partial charge in [0.15, 0.2) is 0 Å². The number of methoxy groups -OCH3 is 1.